The van der Waals surface area contributed by atoms with Gasteiger partial charge in [0.05, 0.1) is 0 Å². The Kier molecular flexibility index (Phi) is 4.57. The number of rotatable bonds is 5. The minimum absolute atomic E-state index is 0.861. The molecule has 2 heterocycles. The van der Waals surface area contributed by atoms with Crippen molar-refractivity contribution < 1.29 is 0 Å². The van der Waals surface area contributed by atoms with Gasteiger partial charge in [0.25, 0.3) is 0 Å². The number of aromatic nitrogens is 3. The van der Waals surface area contributed by atoms with Crippen LogP contribution in [-0.4, -0.2) is 21.1 Å². The van der Waals surface area contributed by atoms with Crippen LogP contribution in [0.4, 0.5) is 0 Å². The van der Waals surface area contributed by atoms with Crippen molar-refractivity contribution in [1.82, 2.24) is 19.9 Å². The molecule has 1 N–H and O–H groups in total. The van der Waals surface area contributed by atoms with Gasteiger partial charge < -0.3 is 5.32 Å². The van der Waals surface area contributed by atoms with Crippen molar-refractivity contribution in [3.8, 4) is 0 Å². The molecule has 0 aliphatic rings. The van der Waals surface area contributed by atoms with Crippen molar-refractivity contribution >= 4 is 33.3 Å². The van der Waals surface area contributed by atoms with Crippen LogP contribution in [-0.2, 0) is 6.54 Å². The molecule has 0 radical (unpaired) electrons. The Bertz CT molecular complexity index is 756. The Morgan fingerprint density at radius 1 is 1.24 bits per heavy atom. The highest BCUT2D eigenvalue weighted by molar-refractivity contribution is 9.10. The second-order valence-electron chi connectivity index (χ2n) is 4.56. The highest BCUT2D eigenvalue weighted by Crippen LogP contribution is 2.33. The lowest BCUT2D eigenvalue weighted by atomic mass is 10.2. The lowest BCUT2D eigenvalue weighted by Gasteiger charge is -2.07. The molecule has 0 saturated heterocycles. The largest absolute Gasteiger partial charge is 0.313 e. The Hall–Kier alpha value is -1.37. The summed E-state index contributed by atoms with van der Waals surface area (Å²) < 4.78 is 3.07. The molecule has 6 heteroatoms. The Morgan fingerprint density at radius 2 is 2.14 bits per heavy atom. The van der Waals surface area contributed by atoms with E-state index in [2.05, 4.69) is 56.6 Å². The standard InChI is InChI=1S/C15H15BrN4S/c1-2-17-10-11-6-7-13(12(16)9-11)21-15-19-18-14-5-3-4-8-20(14)15/h3-9,17H,2,10H2,1H3. The van der Waals surface area contributed by atoms with Crippen molar-refractivity contribution in [2.24, 2.45) is 0 Å². The van der Waals surface area contributed by atoms with Gasteiger partial charge in [-0.25, -0.2) is 0 Å². The summed E-state index contributed by atoms with van der Waals surface area (Å²) in [6, 6.07) is 12.3. The first-order valence-electron chi connectivity index (χ1n) is 6.74. The van der Waals surface area contributed by atoms with Crippen molar-refractivity contribution in [2.45, 2.75) is 23.5 Å². The van der Waals surface area contributed by atoms with Gasteiger partial charge in [0, 0.05) is 22.1 Å². The molecule has 1 aromatic carbocycles. The number of benzene rings is 1. The van der Waals surface area contributed by atoms with Gasteiger partial charge in [-0.2, -0.15) is 0 Å². The summed E-state index contributed by atoms with van der Waals surface area (Å²) in [4.78, 5) is 1.13. The monoisotopic (exact) mass is 362 g/mol. The van der Waals surface area contributed by atoms with E-state index in [1.807, 2.05) is 28.8 Å². The number of fused-ring (bicyclic) bond motifs is 1. The van der Waals surface area contributed by atoms with Crippen LogP contribution in [0.15, 0.2) is 57.1 Å². The van der Waals surface area contributed by atoms with E-state index in [1.165, 1.54) is 5.56 Å². The van der Waals surface area contributed by atoms with E-state index in [0.717, 1.165) is 33.3 Å². The summed E-state index contributed by atoms with van der Waals surface area (Å²) in [7, 11) is 0. The third-order valence-corrected chi connectivity index (χ3v) is 5.01. The van der Waals surface area contributed by atoms with Gasteiger partial charge in [-0.05, 0) is 64.1 Å². The first kappa shape index (κ1) is 14.6. The molecule has 0 saturated carbocycles. The third kappa shape index (κ3) is 3.28. The summed E-state index contributed by atoms with van der Waals surface area (Å²) in [6.07, 6.45) is 1.98. The smallest absolute Gasteiger partial charge is 0.200 e. The van der Waals surface area contributed by atoms with Gasteiger partial charge in [-0.1, -0.05) is 19.1 Å². The van der Waals surface area contributed by atoms with Gasteiger partial charge in [-0.15, -0.1) is 10.2 Å². The Labute approximate surface area is 136 Å². The quantitative estimate of drug-likeness (QED) is 0.750. The van der Waals surface area contributed by atoms with Gasteiger partial charge in [0.2, 0.25) is 0 Å². The second kappa shape index (κ2) is 6.60. The lowest BCUT2D eigenvalue weighted by molar-refractivity contribution is 0.726. The normalized spacial score (nSPS) is 11.1. The highest BCUT2D eigenvalue weighted by Gasteiger charge is 2.09. The topological polar surface area (TPSA) is 42.2 Å². The average molecular weight is 363 g/mol. The molecule has 0 atom stereocenters. The van der Waals surface area contributed by atoms with Crippen LogP contribution in [0.5, 0.6) is 0 Å². The van der Waals surface area contributed by atoms with Gasteiger partial charge in [0.1, 0.15) is 0 Å². The van der Waals surface area contributed by atoms with Crippen molar-refractivity contribution in [2.75, 3.05) is 6.54 Å². The number of hydrogen-bond acceptors (Lipinski definition) is 4. The van der Waals surface area contributed by atoms with Crippen molar-refractivity contribution in [3.63, 3.8) is 0 Å². The van der Waals surface area contributed by atoms with E-state index >= 15 is 0 Å². The molecular formula is C15H15BrN4S. The lowest BCUT2D eigenvalue weighted by Crippen LogP contribution is -2.11. The number of nitrogens with one attached hydrogen (secondary N) is 1. The molecule has 3 rings (SSSR count). The van der Waals surface area contributed by atoms with E-state index in [4.69, 9.17) is 0 Å². The van der Waals surface area contributed by atoms with Crippen molar-refractivity contribution in [1.29, 1.82) is 0 Å². The van der Waals surface area contributed by atoms with Crippen LogP contribution >= 0.6 is 27.7 Å². The highest BCUT2D eigenvalue weighted by atomic mass is 79.9. The maximum absolute atomic E-state index is 4.25. The minimum atomic E-state index is 0.861. The molecule has 0 aliphatic carbocycles. The maximum Gasteiger partial charge on any atom is 0.200 e. The molecule has 0 spiro atoms. The SMILES string of the molecule is CCNCc1ccc(Sc2nnc3ccccn23)c(Br)c1. The van der Waals surface area contributed by atoms with Crippen molar-refractivity contribution in [3.05, 3.63) is 52.6 Å². The fourth-order valence-corrected chi connectivity index (χ4v) is 3.49. The molecule has 2 aromatic heterocycles. The van der Waals surface area contributed by atoms with E-state index in [1.54, 1.807) is 11.8 Å². The van der Waals surface area contributed by atoms with Crippen LogP contribution < -0.4 is 5.32 Å². The van der Waals surface area contributed by atoms with Crippen LogP contribution in [0, 0.1) is 0 Å². The molecule has 0 amide bonds. The van der Waals surface area contributed by atoms with Gasteiger partial charge in [0.15, 0.2) is 10.8 Å². The minimum Gasteiger partial charge on any atom is -0.313 e. The van der Waals surface area contributed by atoms with Gasteiger partial charge >= 0.3 is 0 Å². The molecule has 0 unspecified atom stereocenters. The summed E-state index contributed by atoms with van der Waals surface area (Å²) in [6.45, 7) is 3.96. The number of hydrogen-bond donors (Lipinski definition) is 1. The average Bonchev–Trinajstić information content (AvgIpc) is 2.91. The van der Waals surface area contributed by atoms with E-state index in [-0.39, 0.29) is 0 Å². The first-order chi connectivity index (χ1) is 10.3. The van der Waals surface area contributed by atoms with Crippen LogP contribution in [0.3, 0.4) is 0 Å². The van der Waals surface area contributed by atoms with Gasteiger partial charge in [-0.3, -0.25) is 4.40 Å². The molecule has 3 aromatic rings. The van der Waals surface area contributed by atoms with Crippen LogP contribution in [0.25, 0.3) is 5.65 Å². The van der Waals surface area contributed by atoms with E-state index < -0.39 is 0 Å². The predicted molar refractivity (Wildman–Crippen MR) is 88.6 cm³/mol. The predicted octanol–water partition coefficient (Wildman–Crippen LogP) is 3.75. The molecule has 0 aliphatic heterocycles. The first-order valence-corrected chi connectivity index (χ1v) is 8.35. The zero-order valence-electron chi connectivity index (χ0n) is 11.6. The maximum atomic E-state index is 4.25. The molecule has 108 valence electrons. The fourth-order valence-electron chi connectivity index (χ4n) is 1.99. The molecule has 0 fully saturated rings. The number of halogens is 1. The summed E-state index contributed by atoms with van der Waals surface area (Å²) in [5.74, 6) is 0. The molecular weight excluding hydrogens is 348 g/mol. The number of nitrogens with zero attached hydrogens (tertiary/aromatic N) is 3. The summed E-state index contributed by atoms with van der Waals surface area (Å²) >= 11 is 5.25. The number of pyridine rings is 1. The van der Waals surface area contributed by atoms with E-state index in [9.17, 15) is 0 Å². The second-order valence-corrected chi connectivity index (χ2v) is 6.42. The van der Waals surface area contributed by atoms with E-state index in [0.29, 0.717) is 0 Å². The molecule has 0 bridgehead atoms. The molecule has 4 nitrogen and oxygen atoms in total. The third-order valence-electron chi connectivity index (χ3n) is 3.06. The summed E-state index contributed by atoms with van der Waals surface area (Å²) in [5, 5.41) is 12.6. The van der Waals surface area contributed by atoms with Crippen LogP contribution in [0.1, 0.15) is 12.5 Å². The van der Waals surface area contributed by atoms with Crippen LogP contribution in [0.2, 0.25) is 0 Å². The Balaban J connectivity index is 1.84. The summed E-state index contributed by atoms with van der Waals surface area (Å²) in [5.41, 5.74) is 2.12. The fraction of sp³-hybridized carbons (Fsp3) is 0.200. The zero-order chi connectivity index (χ0) is 14.7. The zero-order valence-corrected chi connectivity index (χ0v) is 14.0. The Morgan fingerprint density at radius 3 is 2.95 bits per heavy atom. The molecule has 21 heavy (non-hydrogen) atoms.